The number of nitrogens with one attached hydrogen (secondary N) is 1. The van der Waals surface area contributed by atoms with E-state index in [2.05, 4.69) is 15.3 Å². The largest absolute Gasteiger partial charge is 0.310 e. The van der Waals surface area contributed by atoms with Crippen molar-refractivity contribution >= 4 is 17.4 Å². The van der Waals surface area contributed by atoms with Gasteiger partial charge in [-0.15, -0.1) is 0 Å². The number of aromatic nitrogens is 3. The highest BCUT2D eigenvalue weighted by Gasteiger charge is 2.11. The third kappa shape index (κ3) is 2.83. The van der Waals surface area contributed by atoms with Gasteiger partial charge in [-0.3, -0.25) is 4.79 Å². The van der Waals surface area contributed by atoms with E-state index < -0.39 is 0 Å². The highest BCUT2D eigenvalue weighted by Crippen LogP contribution is 2.15. The summed E-state index contributed by atoms with van der Waals surface area (Å²) in [4.78, 5) is 20.8. The first kappa shape index (κ1) is 14.3. The van der Waals surface area contributed by atoms with Crippen LogP contribution in [0.25, 0.3) is 5.65 Å². The third-order valence-corrected chi connectivity index (χ3v) is 3.69. The maximum Gasteiger partial charge on any atom is 0.225 e. The summed E-state index contributed by atoms with van der Waals surface area (Å²) in [6.45, 7) is 3.90. The Morgan fingerprint density at radius 1 is 1.23 bits per heavy atom. The molecule has 0 bridgehead atoms. The van der Waals surface area contributed by atoms with Crippen LogP contribution in [0.1, 0.15) is 23.4 Å². The highest BCUT2D eigenvalue weighted by molar-refractivity contribution is 5.90. The van der Waals surface area contributed by atoms with Gasteiger partial charge in [0.1, 0.15) is 11.5 Å². The topological polar surface area (TPSA) is 59.3 Å². The fourth-order valence-electron chi connectivity index (χ4n) is 2.51. The second kappa shape index (κ2) is 5.97. The lowest BCUT2D eigenvalue weighted by Gasteiger charge is -2.07. The summed E-state index contributed by atoms with van der Waals surface area (Å²) < 4.78 is 2.04. The van der Waals surface area contributed by atoms with Crippen LogP contribution in [0.2, 0.25) is 0 Å². The van der Waals surface area contributed by atoms with Crippen molar-refractivity contribution in [2.24, 2.45) is 0 Å². The maximum absolute atomic E-state index is 12.1. The van der Waals surface area contributed by atoms with E-state index in [-0.39, 0.29) is 5.91 Å². The van der Waals surface area contributed by atoms with Crippen LogP contribution >= 0.6 is 0 Å². The Labute approximate surface area is 129 Å². The van der Waals surface area contributed by atoms with Crippen molar-refractivity contribution in [3.05, 3.63) is 59.7 Å². The quantitative estimate of drug-likeness (QED) is 0.805. The number of nitrogens with zero attached hydrogens (tertiary/aromatic N) is 3. The molecule has 0 spiro atoms. The van der Waals surface area contributed by atoms with Crippen LogP contribution in [0.15, 0.2) is 42.7 Å². The molecule has 22 heavy (non-hydrogen) atoms. The molecule has 0 radical (unpaired) electrons. The molecule has 3 aromatic rings. The Balaban J connectivity index is 1.70. The summed E-state index contributed by atoms with van der Waals surface area (Å²) >= 11 is 0. The first-order valence-electron chi connectivity index (χ1n) is 7.29. The van der Waals surface area contributed by atoms with Crippen molar-refractivity contribution in [1.29, 1.82) is 0 Å². The third-order valence-electron chi connectivity index (χ3n) is 3.69. The van der Waals surface area contributed by atoms with Gasteiger partial charge in [0.25, 0.3) is 0 Å². The van der Waals surface area contributed by atoms with E-state index in [0.717, 1.165) is 22.6 Å². The van der Waals surface area contributed by atoms with Crippen LogP contribution in [0, 0.1) is 13.8 Å². The summed E-state index contributed by atoms with van der Waals surface area (Å²) in [7, 11) is 0. The van der Waals surface area contributed by atoms with Crippen LogP contribution in [0.5, 0.6) is 0 Å². The SMILES string of the molecule is Cc1cccnc1NC(=O)CCc1c(C)nc2ccccn12. The molecular weight excluding hydrogens is 276 g/mol. The van der Waals surface area contributed by atoms with E-state index in [1.165, 1.54) is 0 Å². The standard InChI is InChI=1S/C17H18N4O/c1-12-6-5-10-18-17(12)20-16(22)9-8-14-13(2)19-15-7-3-4-11-21(14)15/h3-7,10-11H,8-9H2,1-2H3,(H,18,20,22). The number of imidazole rings is 1. The molecule has 0 aliphatic rings. The Kier molecular flexibility index (Phi) is 3.87. The lowest BCUT2D eigenvalue weighted by Crippen LogP contribution is -2.14. The van der Waals surface area contributed by atoms with E-state index in [1.807, 2.05) is 54.8 Å². The number of hydrogen-bond donors (Lipinski definition) is 1. The molecule has 1 amide bonds. The fraction of sp³-hybridized carbons (Fsp3) is 0.235. The van der Waals surface area contributed by atoms with Crippen molar-refractivity contribution in [2.75, 3.05) is 5.32 Å². The van der Waals surface area contributed by atoms with Gasteiger partial charge in [-0.05, 0) is 44.0 Å². The van der Waals surface area contributed by atoms with Gasteiger partial charge in [0.15, 0.2) is 0 Å². The summed E-state index contributed by atoms with van der Waals surface area (Å²) in [5, 5.41) is 2.86. The number of rotatable bonds is 4. The number of pyridine rings is 2. The van der Waals surface area contributed by atoms with Gasteiger partial charge < -0.3 is 9.72 Å². The zero-order valence-corrected chi connectivity index (χ0v) is 12.7. The van der Waals surface area contributed by atoms with Crippen molar-refractivity contribution in [2.45, 2.75) is 26.7 Å². The fourth-order valence-corrected chi connectivity index (χ4v) is 2.51. The van der Waals surface area contributed by atoms with E-state index >= 15 is 0 Å². The Morgan fingerprint density at radius 2 is 2.09 bits per heavy atom. The molecule has 5 nitrogen and oxygen atoms in total. The van der Waals surface area contributed by atoms with Crippen LogP contribution in [0.4, 0.5) is 5.82 Å². The van der Waals surface area contributed by atoms with Crippen LogP contribution in [-0.2, 0) is 11.2 Å². The predicted molar refractivity (Wildman–Crippen MR) is 85.9 cm³/mol. The Hall–Kier alpha value is -2.69. The van der Waals surface area contributed by atoms with Gasteiger partial charge in [-0.1, -0.05) is 12.1 Å². The van der Waals surface area contributed by atoms with E-state index in [0.29, 0.717) is 18.7 Å². The van der Waals surface area contributed by atoms with Gasteiger partial charge in [0, 0.05) is 24.5 Å². The maximum atomic E-state index is 12.1. The molecule has 5 heteroatoms. The van der Waals surface area contributed by atoms with E-state index in [9.17, 15) is 4.79 Å². The number of carbonyl (C=O) groups excluding carboxylic acids is 1. The molecule has 0 aromatic carbocycles. The highest BCUT2D eigenvalue weighted by atomic mass is 16.1. The minimum absolute atomic E-state index is 0.0351. The number of aryl methyl sites for hydroxylation is 3. The Bertz CT molecular complexity index is 822. The van der Waals surface area contributed by atoms with Gasteiger partial charge in [0.2, 0.25) is 5.91 Å². The molecule has 0 fully saturated rings. The molecule has 112 valence electrons. The molecule has 3 aromatic heterocycles. The molecule has 0 saturated carbocycles. The van der Waals surface area contributed by atoms with Crippen molar-refractivity contribution in [3.63, 3.8) is 0 Å². The number of anilines is 1. The number of fused-ring (bicyclic) bond motifs is 1. The smallest absolute Gasteiger partial charge is 0.225 e. The second-order valence-corrected chi connectivity index (χ2v) is 5.29. The average molecular weight is 294 g/mol. The Morgan fingerprint density at radius 3 is 2.91 bits per heavy atom. The molecule has 0 saturated heterocycles. The van der Waals surface area contributed by atoms with Crippen LogP contribution < -0.4 is 5.32 Å². The predicted octanol–water partition coefficient (Wildman–Crippen LogP) is 2.92. The summed E-state index contributed by atoms with van der Waals surface area (Å²) in [6, 6.07) is 9.68. The number of hydrogen-bond acceptors (Lipinski definition) is 3. The van der Waals surface area contributed by atoms with E-state index in [1.54, 1.807) is 6.20 Å². The molecule has 0 atom stereocenters. The van der Waals surface area contributed by atoms with Gasteiger partial charge in [0.05, 0.1) is 5.69 Å². The molecule has 1 N–H and O–H groups in total. The van der Waals surface area contributed by atoms with Crippen molar-refractivity contribution in [3.8, 4) is 0 Å². The summed E-state index contributed by atoms with van der Waals surface area (Å²) in [5.41, 5.74) is 3.91. The van der Waals surface area contributed by atoms with Crippen LogP contribution in [0.3, 0.4) is 0 Å². The summed E-state index contributed by atoms with van der Waals surface area (Å²) in [5.74, 6) is 0.592. The second-order valence-electron chi connectivity index (χ2n) is 5.29. The minimum atomic E-state index is -0.0351. The van der Waals surface area contributed by atoms with E-state index in [4.69, 9.17) is 0 Å². The zero-order chi connectivity index (χ0) is 15.5. The summed E-state index contributed by atoms with van der Waals surface area (Å²) in [6.07, 6.45) is 4.71. The van der Waals surface area contributed by atoms with Crippen molar-refractivity contribution in [1.82, 2.24) is 14.4 Å². The number of amides is 1. The van der Waals surface area contributed by atoms with Crippen LogP contribution in [-0.4, -0.2) is 20.3 Å². The van der Waals surface area contributed by atoms with Gasteiger partial charge >= 0.3 is 0 Å². The average Bonchev–Trinajstić information content (AvgIpc) is 2.83. The molecular formula is C17H18N4O. The zero-order valence-electron chi connectivity index (χ0n) is 12.7. The van der Waals surface area contributed by atoms with Gasteiger partial charge in [-0.25, -0.2) is 9.97 Å². The molecule has 3 heterocycles. The lowest BCUT2D eigenvalue weighted by atomic mass is 10.2. The molecule has 0 aliphatic heterocycles. The van der Waals surface area contributed by atoms with Gasteiger partial charge in [-0.2, -0.15) is 0 Å². The minimum Gasteiger partial charge on any atom is -0.310 e. The normalized spacial score (nSPS) is 10.8. The monoisotopic (exact) mass is 294 g/mol. The molecule has 0 unspecified atom stereocenters. The lowest BCUT2D eigenvalue weighted by molar-refractivity contribution is -0.116. The molecule has 3 rings (SSSR count). The molecule has 0 aliphatic carbocycles. The first-order valence-corrected chi connectivity index (χ1v) is 7.29. The number of carbonyl (C=O) groups is 1. The first-order chi connectivity index (χ1) is 10.6. The van der Waals surface area contributed by atoms with Crippen molar-refractivity contribution < 1.29 is 4.79 Å².